The molecule has 9 heteroatoms. The molecule has 0 unspecified atom stereocenters. The van der Waals surface area contributed by atoms with Gasteiger partial charge in [-0.25, -0.2) is 0 Å². The lowest BCUT2D eigenvalue weighted by molar-refractivity contribution is 0.799. The van der Waals surface area contributed by atoms with Crippen molar-refractivity contribution in [3.8, 4) is 11.4 Å². The van der Waals surface area contributed by atoms with Crippen LogP contribution in [0.1, 0.15) is 50.7 Å². The maximum atomic E-state index is 4.79. The summed E-state index contributed by atoms with van der Waals surface area (Å²) >= 11 is 11.1. The Morgan fingerprint density at radius 1 is 0.413 bits per heavy atom. The van der Waals surface area contributed by atoms with Crippen molar-refractivity contribution in [2.24, 2.45) is 0 Å². The van der Waals surface area contributed by atoms with E-state index in [1.165, 1.54) is 137 Å². The fraction of sp³-hybridized carbons (Fsp3) is 0.121. The lowest BCUT2D eigenvalue weighted by atomic mass is 10.0. The van der Waals surface area contributed by atoms with Gasteiger partial charge in [0.2, 0.25) is 0 Å². The molecule has 1 N–H and O–H groups in total. The van der Waals surface area contributed by atoms with Crippen molar-refractivity contribution in [1.82, 2.24) is 24.1 Å². The number of benzene rings is 8. The van der Waals surface area contributed by atoms with Crippen LogP contribution >= 0.6 is 54.5 Å². The van der Waals surface area contributed by atoms with Gasteiger partial charge in [0.15, 0.2) is 0 Å². The molecule has 7 aromatic heterocycles. The number of H-pyrrole nitrogens is 1. The number of aromatic nitrogens is 5. The van der Waals surface area contributed by atoms with Gasteiger partial charge in [0.1, 0.15) is 0 Å². The summed E-state index contributed by atoms with van der Waals surface area (Å²) in [6.45, 7) is 4.52. The number of rotatable bonds is 8. The molecule has 75 heavy (non-hydrogen) atoms. The van der Waals surface area contributed by atoms with Gasteiger partial charge in [0.05, 0.1) is 33.1 Å². The minimum Gasteiger partial charge on any atom is -0.355 e. The molecule has 0 spiro atoms. The van der Waals surface area contributed by atoms with E-state index in [4.69, 9.17) is 9.97 Å². The number of fused-ring (bicyclic) bond motifs is 15. The number of halogens is 2. The molecule has 0 atom stereocenters. The molecule has 7 heterocycles. The van der Waals surface area contributed by atoms with Crippen LogP contribution in [-0.4, -0.2) is 24.1 Å². The number of thiophene rings is 2. The van der Waals surface area contributed by atoms with Crippen LogP contribution in [0.3, 0.4) is 0 Å². The number of hydrogen-bond acceptors (Lipinski definition) is 4. The smallest absolute Gasteiger partial charge is 0.0963 e. The highest BCUT2D eigenvalue weighted by atomic mass is 79.9. The van der Waals surface area contributed by atoms with Crippen molar-refractivity contribution >= 4 is 161 Å². The molecule has 8 aromatic carbocycles. The summed E-state index contributed by atoms with van der Waals surface area (Å²) in [5.74, 6) is 0. The molecule has 15 rings (SSSR count). The largest absolute Gasteiger partial charge is 0.355 e. The van der Waals surface area contributed by atoms with Crippen molar-refractivity contribution in [2.45, 2.75) is 52.4 Å². The molecule has 15 aromatic rings. The number of aromatic amines is 1. The molecule has 5 nitrogen and oxygen atoms in total. The lowest BCUT2D eigenvalue weighted by Gasteiger charge is -2.12. The zero-order valence-electron chi connectivity index (χ0n) is 41.6. The molecule has 0 aliphatic rings. The van der Waals surface area contributed by atoms with Crippen LogP contribution in [0, 0.1) is 0 Å². The fourth-order valence-corrected chi connectivity index (χ4v) is 14.4. The maximum absolute atomic E-state index is 4.79. The van der Waals surface area contributed by atoms with E-state index in [1.807, 2.05) is 47.2 Å². The van der Waals surface area contributed by atoms with E-state index in [-0.39, 0.29) is 0 Å². The molecule has 366 valence electrons. The number of unbranched alkanes of at least 4 members (excludes halogenated alkanes) is 2. The van der Waals surface area contributed by atoms with Crippen molar-refractivity contribution in [3.63, 3.8) is 0 Å². The summed E-state index contributed by atoms with van der Waals surface area (Å²) in [5.41, 5.74) is 14.4. The number of pyridine rings is 2. The summed E-state index contributed by atoms with van der Waals surface area (Å²) < 4.78 is 12.6. The summed E-state index contributed by atoms with van der Waals surface area (Å²) in [5, 5.41) is 10.3. The van der Waals surface area contributed by atoms with Crippen LogP contribution < -0.4 is 0 Å². The average Bonchev–Trinajstić information content (AvgIpc) is 4.31. The third kappa shape index (κ3) is 8.60. The Bertz CT molecular complexity index is 4470. The van der Waals surface area contributed by atoms with Gasteiger partial charge < -0.3 is 14.1 Å². The van der Waals surface area contributed by atoms with E-state index in [0.29, 0.717) is 0 Å². The summed E-state index contributed by atoms with van der Waals surface area (Å²) in [6, 6.07) is 65.3. The predicted molar refractivity (Wildman–Crippen MR) is 331 cm³/mol. The van der Waals surface area contributed by atoms with Crippen molar-refractivity contribution in [3.05, 3.63) is 214 Å². The molecule has 0 fully saturated rings. The van der Waals surface area contributed by atoms with Gasteiger partial charge in [0.25, 0.3) is 0 Å². The van der Waals surface area contributed by atoms with Gasteiger partial charge in [-0.15, -0.1) is 22.7 Å². The molecule has 0 amide bonds. The molecule has 0 saturated carbocycles. The Balaban J connectivity index is 0.000000137. The van der Waals surface area contributed by atoms with E-state index >= 15 is 0 Å². The monoisotopic (exact) mass is 1140 g/mol. The molecule has 0 aliphatic heterocycles. The van der Waals surface area contributed by atoms with Gasteiger partial charge in [-0.3, -0.25) is 9.97 Å². The van der Waals surface area contributed by atoms with Crippen LogP contribution in [0.2, 0.25) is 0 Å². The third-order valence-electron chi connectivity index (χ3n) is 14.6. The minimum absolute atomic E-state index is 1.04. The zero-order chi connectivity index (χ0) is 50.6. The molecular formula is C66H51Br2N5S2. The first-order valence-corrected chi connectivity index (χ1v) is 29.1. The Morgan fingerprint density at radius 2 is 0.880 bits per heavy atom. The van der Waals surface area contributed by atoms with E-state index in [0.717, 1.165) is 38.6 Å². The van der Waals surface area contributed by atoms with Crippen LogP contribution in [0.5, 0.6) is 0 Å². The summed E-state index contributed by atoms with van der Waals surface area (Å²) in [4.78, 5) is 12.9. The van der Waals surface area contributed by atoms with Gasteiger partial charge in [0, 0.05) is 106 Å². The highest BCUT2D eigenvalue weighted by molar-refractivity contribution is 9.10. The van der Waals surface area contributed by atoms with Crippen LogP contribution in [0.15, 0.2) is 203 Å². The average molecular weight is 1140 g/mol. The Kier molecular flexibility index (Phi) is 12.8. The van der Waals surface area contributed by atoms with Gasteiger partial charge in [-0.1, -0.05) is 131 Å². The molecular weight excluding hydrogens is 1090 g/mol. The second-order valence-corrected chi connectivity index (χ2v) is 23.3. The molecule has 0 aliphatic carbocycles. The highest BCUT2D eigenvalue weighted by Crippen LogP contribution is 2.43. The number of nitrogens with zero attached hydrogens (tertiary/aromatic N) is 4. The Morgan fingerprint density at radius 3 is 1.48 bits per heavy atom. The second kappa shape index (κ2) is 20.2. The number of nitrogens with one attached hydrogen (secondary N) is 1. The number of para-hydroxylation sites is 4. The molecule has 0 radical (unpaired) electrons. The summed E-state index contributed by atoms with van der Waals surface area (Å²) in [7, 11) is 0. The molecule has 0 bridgehead atoms. The first-order valence-electron chi connectivity index (χ1n) is 25.9. The van der Waals surface area contributed by atoms with Crippen LogP contribution in [0.4, 0.5) is 0 Å². The van der Waals surface area contributed by atoms with Crippen LogP contribution in [-0.2, 0) is 12.8 Å². The Hall–Kier alpha value is -7.14. The van der Waals surface area contributed by atoms with E-state index < -0.39 is 0 Å². The third-order valence-corrected chi connectivity index (χ3v) is 18.0. The SMILES string of the molecule is CCCCc1cc(-n2c3ccccc3c3ncccc32)cc2c1sc1ccc(-n3c4ccccc4c4ncccc43)cc12.CCCCc1cc(Br)cc2c1sc1ccc(Br)cc12.c1ccc2c(c1)[nH]c1ccccc12. The van der Waals surface area contributed by atoms with Gasteiger partial charge in [-0.05, 0) is 146 Å². The van der Waals surface area contributed by atoms with E-state index in [2.05, 4.69) is 230 Å². The van der Waals surface area contributed by atoms with Gasteiger partial charge in [-0.2, -0.15) is 0 Å². The standard InChI is InChI=1S/C38H28N4S.C16H14Br2S.C12H9N/c1-2-3-10-24-21-26(42-32-14-7-5-12-28(32)37-34(42)16-9-20-40-37)23-30-29-22-25(17-18-35(29)43-38(24)30)41-31-13-6-4-11-27(31)36-33(41)15-8-19-39-36;1-2-3-4-10-7-12(18)9-14-13-8-11(17)5-6-15(13)19-16(10)14;1-3-7-11-9(5-1)10-6-2-4-8-12(10)13-11/h4-9,11-23H,2-3,10H2,1H3;5-9H,2-4H2,1H3;1-8,13H. The highest BCUT2D eigenvalue weighted by Gasteiger charge is 2.19. The van der Waals surface area contributed by atoms with Crippen molar-refractivity contribution < 1.29 is 0 Å². The zero-order valence-corrected chi connectivity index (χ0v) is 46.4. The minimum atomic E-state index is 1.04. The number of hydrogen-bond donors (Lipinski definition) is 1. The van der Waals surface area contributed by atoms with E-state index in [1.54, 1.807) is 0 Å². The topological polar surface area (TPSA) is 51.4 Å². The van der Waals surface area contributed by atoms with Gasteiger partial charge >= 0.3 is 0 Å². The number of aryl methyl sites for hydroxylation is 2. The van der Waals surface area contributed by atoms with Crippen molar-refractivity contribution in [1.29, 1.82) is 0 Å². The first-order chi connectivity index (χ1) is 36.9. The lowest BCUT2D eigenvalue weighted by Crippen LogP contribution is -1.97. The quantitative estimate of drug-likeness (QED) is 0.165. The predicted octanol–water partition coefficient (Wildman–Crippen LogP) is 20.6. The molecule has 0 saturated heterocycles. The van der Waals surface area contributed by atoms with Crippen molar-refractivity contribution in [2.75, 3.05) is 0 Å². The summed E-state index contributed by atoms with van der Waals surface area (Å²) in [6.07, 6.45) is 10.8. The maximum Gasteiger partial charge on any atom is 0.0963 e. The first kappa shape index (κ1) is 47.6. The second-order valence-electron chi connectivity index (χ2n) is 19.3. The normalized spacial score (nSPS) is 11.8. The van der Waals surface area contributed by atoms with E-state index in [9.17, 15) is 0 Å². The van der Waals surface area contributed by atoms with Crippen LogP contribution in [0.25, 0.3) is 117 Å². The Labute approximate surface area is 459 Å². The fourth-order valence-electron chi connectivity index (χ4n) is 11.1.